The molecule has 0 saturated heterocycles. The first-order valence-electron chi connectivity index (χ1n) is 9.11. The van der Waals surface area contributed by atoms with Gasteiger partial charge in [0.2, 0.25) is 0 Å². The third-order valence-corrected chi connectivity index (χ3v) is 8.89. The third kappa shape index (κ3) is 8.15. The van der Waals surface area contributed by atoms with E-state index < -0.39 is 5.97 Å². The molecule has 0 aliphatic rings. The molecule has 2 aromatic carbocycles. The molecule has 0 radical (unpaired) electrons. The second kappa shape index (κ2) is 13.2. The van der Waals surface area contributed by atoms with Gasteiger partial charge in [-0.15, -0.1) is 0 Å². The van der Waals surface area contributed by atoms with Crippen LogP contribution in [0.4, 0.5) is 0 Å². The average Bonchev–Trinajstić information content (AvgIpc) is 2.69. The van der Waals surface area contributed by atoms with Crippen LogP contribution in [0, 0.1) is 0 Å². The SMILES string of the molecule is CC(=O)c1ccccc1SSCCCCCCSSc1ccccc1C(=O)O. The van der Waals surface area contributed by atoms with Gasteiger partial charge in [0.05, 0.1) is 5.56 Å². The lowest BCUT2D eigenvalue weighted by molar-refractivity contribution is 0.0693. The van der Waals surface area contributed by atoms with E-state index in [4.69, 9.17) is 0 Å². The van der Waals surface area contributed by atoms with Gasteiger partial charge in [0.25, 0.3) is 0 Å². The van der Waals surface area contributed by atoms with Gasteiger partial charge in [-0.25, -0.2) is 4.79 Å². The number of unbranched alkanes of at least 4 members (excludes halogenated alkanes) is 3. The van der Waals surface area contributed by atoms with Gasteiger partial charge in [0.1, 0.15) is 0 Å². The van der Waals surface area contributed by atoms with Crippen LogP contribution in [0.1, 0.15) is 53.3 Å². The second-order valence-electron chi connectivity index (χ2n) is 6.08. The second-order valence-corrected chi connectivity index (χ2v) is 11.0. The summed E-state index contributed by atoms with van der Waals surface area (Å²) in [5.41, 5.74) is 1.18. The molecule has 2 rings (SSSR count). The van der Waals surface area contributed by atoms with Crippen LogP contribution in [0.25, 0.3) is 0 Å². The summed E-state index contributed by atoms with van der Waals surface area (Å²) >= 11 is 0. The molecule has 3 nitrogen and oxygen atoms in total. The van der Waals surface area contributed by atoms with Gasteiger partial charge in [-0.05, 0) is 38.0 Å². The summed E-state index contributed by atoms with van der Waals surface area (Å²) in [7, 11) is 6.77. The van der Waals surface area contributed by atoms with E-state index in [2.05, 4.69) is 0 Å². The highest BCUT2D eigenvalue weighted by molar-refractivity contribution is 8.77. The molecular weight excluding hydrogens is 428 g/mol. The van der Waals surface area contributed by atoms with Gasteiger partial charge in [-0.1, -0.05) is 86.3 Å². The van der Waals surface area contributed by atoms with Gasteiger partial charge in [-0.2, -0.15) is 0 Å². The van der Waals surface area contributed by atoms with E-state index in [9.17, 15) is 14.7 Å². The van der Waals surface area contributed by atoms with Crippen LogP contribution in [-0.2, 0) is 0 Å². The summed E-state index contributed by atoms with van der Waals surface area (Å²) in [4.78, 5) is 24.7. The Bertz CT molecular complexity index is 714. The quantitative estimate of drug-likeness (QED) is 0.194. The Morgan fingerprint density at radius 3 is 1.71 bits per heavy atom. The summed E-state index contributed by atoms with van der Waals surface area (Å²) in [6.45, 7) is 1.61. The van der Waals surface area contributed by atoms with Crippen molar-refractivity contribution in [3.05, 3.63) is 59.7 Å². The van der Waals surface area contributed by atoms with Crippen LogP contribution >= 0.6 is 43.2 Å². The fourth-order valence-electron chi connectivity index (χ4n) is 2.43. The Kier molecular flexibility index (Phi) is 11.0. The minimum absolute atomic E-state index is 0.116. The molecule has 2 aromatic rings. The first-order valence-corrected chi connectivity index (χ1v) is 13.7. The number of benzene rings is 2. The number of aromatic carboxylic acids is 1. The molecule has 0 bridgehead atoms. The number of rotatable bonds is 13. The normalized spacial score (nSPS) is 10.8. The number of hydrogen-bond acceptors (Lipinski definition) is 6. The van der Waals surface area contributed by atoms with Gasteiger partial charge in [-0.3, -0.25) is 4.79 Å². The Labute approximate surface area is 182 Å². The monoisotopic (exact) mass is 452 g/mol. The molecule has 7 heteroatoms. The lowest BCUT2D eigenvalue weighted by Crippen LogP contribution is -1.97. The van der Waals surface area contributed by atoms with Crippen molar-refractivity contribution in [3.8, 4) is 0 Å². The molecule has 0 aromatic heterocycles. The molecule has 28 heavy (non-hydrogen) atoms. The van der Waals surface area contributed by atoms with Crippen LogP contribution in [0.2, 0.25) is 0 Å². The fourth-order valence-corrected chi connectivity index (χ4v) is 7.15. The first-order chi connectivity index (χ1) is 13.6. The van der Waals surface area contributed by atoms with Gasteiger partial charge >= 0.3 is 5.97 Å². The van der Waals surface area contributed by atoms with E-state index in [1.54, 1.807) is 51.4 Å². The van der Waals surface area contributed by atoms with Gasteiger partial charge in [0, 0.05) is 26.9 Å². The van der Waals surface area contributed by atoms with Crippen molar-refractivity contribution >= 4 is 54.9 Å². The molecule has 0 fully saturated rings. The molecule has 1 N–H and O–H groups in total. The number of carbonyl (C=O) groups is 2. The highest BCUT2D eigenvalue weighted by Crippen LogP contribution is 2.35. The van der Waals surface area contributed by atoms with Crippen LogP contribution in [0.15, 0.2) is 58.3 Å². The van der Waals surface area contributed by atoms with E-state index in [1.807, 2.05) is 47.2 Å². The largest absolute Gasteiger partial charge is 0.478 e. The number of carboxylic acids is 1. The van der Waals surface area contributed by atoms with E-state index in [-0.39, 0.29) is 5.78 Å². The zero-order chi connectivity index (χ0) is 20.2. The van der Waals surface area contributed by atoms with Crippen molar-refractivity contribution in [2.24, 2.45) is 0 Å². The molecule has 0 amide bonds. The topological polar surface area (TPSA) is 54.4 Å². The standard InChI is InChI=1S/C21H24O3S4/c1-16(22)17-10-4-6-12-19(17)27-25-14-8-2-3-9-15-26-28-20-13-7-5-11-18(20)21(23)24/h4-7,10-13H,2-3,8-9,14-15H2,1H3,(H,23,24). The van der Waals surface area contributed by atoms with Crippen molar-refractivity contribution in [1.29, 1.82) is 0 Å². The first kappa shape index (κ1) is 23.3. The summed E-state index contributed by atoms with van der Waals surface area (Å²) in [6, 6.07) is 14.9. The predicted molar refractivity (Wildman–Crippen MR) is 125 cm³/mol. The molecule has 0 unspecified atom stereocenters. The average molecular weight is 453 g/mol. The maximum atomic E-state index is 11.6. The Morgan fingerprint density at radius 1 is 0.750 bits per heavy atom. The number of carboxylic acid groups (broad SMARTS) is 1. The van der Waals surface area contributed by atoms with Crippen LogP contribution < -0.4 is 0 Å². The molecule has 0 aliphatic heterocycles. The maximum absolute atomic E-state index is 11.6. The molecule has 0 aliphatic carbocycles. The Balaban J connectivity index is 1.53. The maximum Gasteiger partial charge on any atom is 0.336 e. The highest BCUT2D eigenvalue weighted by Gasteiger charge is 2.09. The number of ketones is 1. The van der Waals surface area contributed by atoms with Gasteiger partial charge < -0.3 is 5.11 Å². The van der Waals surface area contributed by atoms with Crippen molar-refractivity contribution in [3.63, 3.8) is 0 Å². The van der Waals surface area contributed by atoms with Crippen LogP contribution in [0.5, 0.6) is 0 Å². The van der Waals surface area contributed by atoms with E-state index >= 15 is 0 Å². The van der Waals surface area contributed by atoms with E-state index in [0.29, 0.717) is 5.56 Å². The van der Waals surface area contributed by atoms with Crippen LogP contribution in [0.3, 0.4) is 0 Å². The highest BCUT2D eigenvalue weighted by atomic mass is 33.1. The van der Waals surface area contributed by atoms with Crippen molar-refractivity contribution < 1.29 is 14.7 Å². The minimum Gasteiger partial charge on any atom is -0.478 e. The number of carbonyl (C=O) groups excluding carboxylic acids is 1. The van der Waals surface area contributed by atoms with Crippen LogP contribution in [-0.4, -0.2) is 28.4 Å². The zero-order valence-corrected chi connectivity index (χ0v) is 19.0. The lowest BCUT2D eigenvalue weighted by atomic mass is 10.1. The zero-order valence-electron chi connectivity index (χ0n) is 15.8. The fraction of sp³-hybridized carbons (Fsp3) is 0.333. The van der Waals surface area contributed by atoms with Gasteiger partial charge in [0.15, 0.2) is 5.78 Å². The molecule has 150 valence electrons. The molecule has 0 spiro atoms. The third-order valence-electron chi connectivity index (χ3n) is 3.89. The van der Waals surface area contributed by atoms with E-state index in [1.165, 1.54) is 19.3 Å². The van der Waals surface area contributed by atoms with E-state index in [0.717, 1.165) is 33.3 Å². The summed E-state index contributed by atoms with van der Waals surface area (Å²) in [5, 5.41) is 9.18. The molecule has 0 heterocycles. The number of hydrogen-bond donors (Lipinski definition) is 1. The lowest BCUT2D eigenvalue weighted by Gasteiger charge is -2.06. The van der Waals surface area contributed by atoms with Crippen molar-refractivity contribution in [1.82, 2.24) is 0 Å². The summed E-state index contributed by atoms with van der Waals surface area (Å²) in [6.07, 6.45) is 4.68. The summed E-state index contributed by atoms with van der Waals surface area (Å²) in [5.74, 6) is 1.34. The Hall–Kier alpha value is -1.02. The molecule has 0 saturated carbocycles. The van der Waals surface area contributed by atoms with Crippen molar-refractivity contribution in [2.45, 2.75) is 42.4 Å². The molecule has 0 atom stereocenters. The molecular formula is C21H24O3S4. The smallest absolute Gasteiger partial charge is 0.336 e. The summed E-state index contributed by atoms with van der Waals surface area (Å²) < 4.78 is 0. The minimum atomic E-state index is -0.870. The number of Topliss-reactive ketones (excluding diaryl/α,β-unsaturated/α-hetero) is 1. The predicted octanol–water partition coefficient (Wildman–Crippen LogP) is 7.33. The Morgan fingerprint density at radius 2 is 1.21 bits per heavy atom. The van der Waals surface area contributed by atoms with Crippen molar-refractivity contribution in [2.75, 3.05) is 11.5 Å².